The number of nitrogens with one attached hydrogen (secondary N) is 1. The quantitative estimate of drug-likeness (QED) is 0.115. The monoisotopic (exact) mass is 674 g/mol. The van der Waals surface area contributed by atoms with Gasteiger partial charge >= 0.3 is 5.97 Å². The summed E-state index contributed by atoms with van der Waals surface area (Å²) in [7, 11) is -1.88. The summed E-state index contributed by atoms with van der Waals surface area (Å²) >= 11 is 5.83. The zero-order valence-electron chi connectivity index (χ0n) is 26.0. The van der Waals surface area contributed by atoms with Crippen LogP contribution < -0.4 is 14.8 Å². The van der Waals surface area contributed by atoms with Crippen LogP contribution >= 0.6 is 11.6 Å². The van der Waals surface area contributed by atoms with Crippen LogP contribution in [0.5, 0.6) is 11.5 Å². The van der Waals surface area contributed by atoms with Gasteiger partial charge in [-0.05, 0) is 98.1 Å². The zero-order valence-corrected chi connectivity index (χ0v) is 27.5. The number of rotatable bonds is 12. The molecule has 9 nitrogen and oxygen atoms in total. The summed E-state index contributed by atoms with van der Waals surface area (Å²) in [5, 5.41) is 4.21. The lowest BCUT2D eigenvalue weighted by atomic mass is 10.1. The number of hydrogen-bond acceptors (Lipinski definition) is 8. The largest absolute Gasteiger partial charge is 0.497 e. The van der Waals surface area contributed by atoms with Crippen molar-refractivity contribution in [3.63, 3.8) is 0 Å². The Labute approximate surface area is 279 Å². The highest BCUT2D eigenvalue weighted by atomic mass is 35.5. The van der Waals surface area contributed by atoms with Gasteiger partial charge in [0, 0.05) is 22.2 Å². The van der Waals surface area contributed by atoms with Crippen LogP contribution in [0, 0.1) is 0 Å². The molecule has 0 saturated carbocycles. The van der Waals surface area contributed by atoms with Crippen molar-refractivity contribution in [1.29, 1.82) is 0 Å². The maximum Gasteiger partial charge on any atom is 0.369 e. The first kappa shape index (κ1) is 34.9. The predicted octanol–water partition coefficient (Wildman–Crippen LogP) is 6.69. The summed E-state index contributed by atoms with van der Waals surface area (Å²) in [6.45, 7) is 1.77. The average molecular weight is 675 g/mol. The summed E-state index contributed by atoms with van der Waals surface area (Å²) in [6.07, 6.45) is 1.41. The van der Waals surface area contributed by atoms with Gasteiger partial charge in [-0.2, -0.15) is 0 Å². The first-order valence-electron chi connectivity index (χ1n) is 14.8. The maximum absolute atomic E-state index is 12.6. The Bertz CT molecular complexity index is 1800. The van der Waals surface area contributed by atoms with Gasteiger partial charge in [-0.3, -0.25) is 9.78 Å². The first-order valence-corrected chi connectivity index (χ1v) is 16.9. The Morgan fingerprint density at radius 3 is 2.17 bits per heavy atom. The Hall–Kier alpha value is -4.93. The highest BCUT2D eigenvalue weighted by Crippen LogP contribution is 2.19. The van der Waals surface area contributed by atoms with E-state index in [0.717, 1.165) is 11.1 Å². The summed E-state index contributed by atoms with van der Waals surface area (Å²) in [5.41, 5.74) is 2.28. The normalized spacial score (nSPS) is 11.5. The van der Waals surface area contributed by atoms with Gasteiger partial charge < -0.3 is 19.5 Å². The van der Waals surface area contributed by atoms with Crippen LogP contribution in [0.2, 0.25) is 5.02 Å². The second kappa shape index (κ2) is 17.1. The molecule has 244 valence electrons. The van der Waals surface area contributed by atoms with E-state index in [1.165, 1.54) is 24.6 Å². The smallest absolute Gasteiger partial charge is 0.369 e. The molecule has 1 heterocycles. The van der Waals surface area contributed by atoms with E-state index in [9.17, 15) is 18.0 Å². The van der Waals surface area contributed by atoms with Gasteiger partial charge in [0.05, 0.1) is 29.9 Å². The molecule has 1 atom stereocenters. The van der Waals surface area contributed by atoms with Crippen LogP contribution in [-0.4, -0.2) is 51.0 Å². The van der Waals surface area contributed by atoms with E-state index in [2.05, 4.69) is 22.4 Å². The Balaban J connectivity index is 0.000000420. The number of pyridine rings is 1. The minimum atomic E-state index is -3.41. The number of benzene rings is 4. The lowest BCUT2D eigenvalue weighted by Crippen LogP contribution is -2.46. The number of aromatic nitrogens is 1. The number of aryl methyl sites for hydroxylation is 1. The van der Waals surface area contributed by atoms with Crippen molar-refractivity contribution in [2.24, 2.45) is 0 Å². The molecule has 0 aliphatic carbocycles. The van der Waals surface area contributed by atoms with Gasteiger partial charge in [0.25, 0.3) is 12.1 Å². The number of nitrogens with zero attached hydrogens (tertiary/aromatic N) is 1. The molecule has 0 spiro atoms. The van der Waals surface area contributed by atoms with E-state index in [4.69, 9.17) is 25.8 Å². The van der Waals surface area contributed by atoms with Gasteiger partial charge in [0.2, 0.25) is 0 Å². The van der Waals surface area contributed by atoms with E-state index in [-0.39, 0.29) is 17.3 Å². The Kier molecular flexibility index (Phi) is 12.7. The van der Waals surface area contributed by atoms with Gasteiger partial charge in [-0.25, -0.2) is 13.2 Å². The fraction of sp³-hybridized carbons (Fsp3) is 0.194. The zero-order chi connectivity index (χ0) is 33.6. The Morgan fingerprint density at radius 1 is 0.851 bits per heavy atom. The summed E-state index contributed by atoms with van der Waals surface area (Å²) in [5.74, 6) is -0.321. The Morgan fingerprint density at radius 2 is 1.51 bits per heavy atom. The number of halogens is 1. The van der Waals surface area contributed by atoms with Crippen molar-refractivity contribution >= 4 is 44.2 Å². The predicted molar refractivity (Wildman–Crippen MR) is 182 cm³/mol. The number of ether oxygens (including phenoxy) is 3. The van der Waals surface area contributed by atoms with Crippen molar-refractivity contribution in [3.8, 4) is 11.5 Å². The molecule has 11 heteroatoms. The number of methoxy groups -OCH3 is 1. The van der Waals surface area contributed by atoms with Crippen molar-refractivity contribution in [3.05, 3.63) is 132 Å². The molecule has 4 aromatic carbocycles. The van der Waals surface area contributed by atoms with Gasteiger partial charge in [-0.15, -0.1) is 0 Å². The molecular weight excluding hydrogens is 640 g/mol. The number of amides is 1. The molecule has 1 N–H and O–H groups in total. The molecule has 0 bridgehead atoms. The fourth-order valence-electron chi connectivity index (χ4n) is 4.41. The summed E-state index contributed by atoms with van der Waals surface area (Å²) < 4.78 is 40.8. The van der Waals surface area contributed by atoms with Crippen LogP contribution in [0.3, 0.4) is 0 Å². The molecular formula is C36H35ClN2O7S. The van der Waals surface area contributed by atoms with Crippen molar-refractivity contribution in [2.75, 3.05) is 19.5 Å². The number of carbonyl (C=O) groups is 2. The molecule has 47 heavy (non-hydrogen) atoms. The molecule has 5 rings (SSSR count). The molecule has 0 radical (unpaired) electrons. The molecule has 1 unspecified atom stereocenters. The maximum atomic E-state index is 12.6. The first-order chi connectivity index (χ1) is 22.7. The lowest BCUT2D eigenvalue weighted by Gasteiger charge is -2.19. The number of carbonyl (C=O) groups excluding carboxylic acids is 2. The van der Waals surface area contributed by atoms with E-state index < -0.39 is 27.9 Å². The van der Waals surface area contributed by atoms with E-state index in [1.54, 1.807) is 67.6 Å². The number of sulfone groups is 1. The van der Waals surface area contributed by atoms with Crippen LogP contribution in [-0.2, 0) is 25.8 Å². The highest BCUT2D eigenvalue weighted by Gasteiger charge is 2.25. The third-order valence-electron chi connectivity index (χ3n) is 6.86. The third-order valence-corrected chi connectivity index (χ3v) is 8.92. The topological polar surface area (TPSA) is 121 Å². The number of esters is 1. The van der Waals surface area contributed by atoms with Crippen molar-refractivity contribution in [2.45, 2.75) is 30.9 Å². The number of hydrogen-bond donors (Lipinski definition) is 1. The molecule has 5 aromatic rings. The lowest BCUT2D eigenvalue weighted by molar-refractivity contribution is -0.152. The highest BCUT2D eigenvalue weighted by molar-refractivity contribution is 7.91. The minimum Gasteiger partial charge on any atom is -0.497 e. The second-order valence-electron chi connectivity index (χ2n) is 10.2. The van der Waals surface area contributed by atoms with E-state index in [0.29, 0.717) is 34.9 Å². The van der Waals surface area contributed by atoms with Gasteiger partial charge in [0.1, 0.15) is 11.5 Å². The number of para-hydroxylation sites is 1. The average Bonchev–Trinajstić information content (AvgIpc) is 3.09. The SMILES string of the molecule is CCOC(=O)C(NC(=O)c1ccc(OC)cc1)Oc1ccc(CCCS(=O)(=O)c2ccc(Cl)cc2)cc1.c1ccc2ncccc2c1. The number of fused-ring (bicyclic) bond motifs is 1. The van der Waals surface area contributed by atoms with Crippen LogP contribution in [0.1, 0.15) is 29.3 Å². The second-order valence-corrected chi connectivity index (χ2v) is 12.7. The van der Waals surface area contributed by atoms with Gasteiger partial charge in [0.15, 0.2) is 9.84 Å². The van der Waals surface area contributed by atoms with Crippen molar-refractivity contribution in [1.82, 2.24) is 10.3 Å². The summed E-state index contributed by atoms with van der Waals surface area (Å²) in [6, 6.07) is 31.4. The standard InChI is InChI=1S/C27H28ClNO7S.C9H7N/c1-3-35-27(31)26(29-25(30)20-8-14-22(34-2)15-9-20)36-23-12-6-19(7-13-23)5-4-18-37(32,33)24-16-10-21(28)11-17-24;1-2-6-9-8(4-1)5-3-7-10-9/h6-17,26H,3-5,18H2,1-2H3,(H,29,30);1-7H. The van der Waals surface area contributed by atoms with E-state index >= 15 is 0 Å². The molecule has 1 amide bonds. The van der Waals surface area contributed by atoms with Crippen molar-refractivity contribution < 1.29 is 32.2 Å². The van der Waals surface area contributed by atoms with E-state index in [1.807, 2.05) is 30.5 Å². The van der Waals surface area contributed by atoms with Crippen LogP contribution in [0.4, 0.5) is 0 Å². The minimum absolute atomic E-state index is 0.00475. The third kappa shape index (κ3) is 10.6. The van der Waals surface area contributed by atoms with Gasteiger partial charge in [-0.1, -0.05) is 48.0 Å². The molecule has 0 saturated heterocycles. The summed E-state index contributed by atoms with van der Waals surface area (Å²) in [4.78, 5) is 29.5. The fourth-order valence-corrected chi connectivity index (χ4v) is 5.85. The molecule has 0 aliphatic heterocycles. The molecule has 0 fully saturated rings. The molecule has 1 aromatic heterocycles. The molecule has 0 aliphatic rings. The van der Waals surface area contributed by atoms with Crippen LogP contribution in [0.15, 0.2) is 120 Å². The van der Waals surface area contributed by atoms with Crippen LogP contribution in [0.25, 0.3) is 10.9 Å².